The molecule has 74 heavy (non-hydrogen) atoms. The van der Waals surface area contributed by atoms with Crippen LogP contribution in [0.4, 0.5) is 0 Å². The van der Waals surface area contributed by atoms with Gasteiger partial charge in [0.2, 0.25) is 5.91 Å². The first-order chi connectivity index (χ1) is 36.0. The van der Waals surface area contributed by atoms with E-state index >= 15 is 0 Å². The lowest BCUT2D eigenvalue weighted by molar-refractivity contribution is -0.870. The van der Waals surface area contributed by atoms with Gasteiger partial charge in [-0.15, -0.1) is 0 Å². The first kappa shape index (κ1) is 72.5. The van der Waals surface area contributed by atoms with E-state index in [9.17, 15) is 19.4 Å². The molecule has 0 aromatic carbocycles. The highest BCUT2D eigenvalue weighted by Crippen LogP contribution is 2.38. The Bertz CT molecular complexity index is 1340. The molecule has 0 fully saturated rings. The van der Waals surface area contributed by atoms with E-state index < -0.39 is 26.6 Å². The molecule has 0 heterocycles. The van der Waals surface area contributed by atoms with E-state index in [0.29, 0.717) is 17.4 Å². The Morgan fingerprint density at radius 3 is 1.18 bits per heavy atom. The summed E-state index contributed by atoms with van der Waals surface area (Å²) in [7, 11) is 1.25. The lowest BCUT2D eigenvalue weighted by Crippen LogP contribution is -2.45. The van der Waals surface area contributed by atoms with Crippen molar-refractivity contribution in [3.8, 4) is 0 Å². The molecule has 0 aliphatic heterocycles. The molecule has 0 aliphatic rings. The molecule has 0 saturated carbocycles. The number of carbonyl (C=O) groups is 1. The van der Waals surface area contributed by atoms with Crippen LogP contribution >= 0.6 is 7.82 Å². The highest BCUT2D eigenvalue weighted by Gasteiger charge is 2.23. The van der Waals surface area contributed by atoms with E-state index in [1.807, 2.05) is 27.2 Å². The average molecular weight is 1060 g/mol. The van der Waals surface area contributed by atoms with Crippen molar-refractivity contribution in [1.29, 1.82) is 0 Å². The number of nitrogens with zero attached hydrogens (tertiary/aromatic N) is 1. The Morgan fingerprint density at radius 2 is 0.797 bits per heavy atom. The van der Waals surface area contributed by atoms with Gasteiger partial charge in [0.15, 0.2) is 0 Å². The minimum atomic E-state index is -4.61. The van der Waals surface area contributed by atoms with Crippen LogP contribution in [0.2, 0.25) is 0 Å². The van der Waals surface area contributed by atoms with Gasteiger partial charge >= 0.3 is 0 Å². The predicted octanol–water partition coefficient (Wildman–Crippen LogP) is 19.2. The average Bonchev–Trinajstić information content (AvgIpc) is 3.36. The number of phosphoric acid groups is 1. The molecule has 0 spiro atoms. The number of hydrogen-bond donors (Lipinski definition) is 2. The lowest BCUT2D eigenvalue weighted by atomic mass is 10.0. The van der Waals surface area contributed by atoms with Crippen LogP contribution in [-0.2, 0) is 18.4 Å². The molecule has 436 valence electrons. The summed E-state index contributed by atoms with van der Waals surface area (Å²) < 4.78 is 23.4. The van der Waals surface area contributed by atoms with Gasteiger partial charge in [-0.1, -0.05) is 287 Å². The third-order valence-corrected chi connectivity index (χ3v) is 15.5. The Balaban J connectivity index is 4.08. The second-order valence-corrected chi connectivity index (χ2v) is 24.5. The largest absolute Gasteiger partial charge is 0.756 e. The van der Waals surface area contributed by atoms with Crippen LogP contribution in [0.5, 0.6) is 0 Å². The fourth-order valence-electron chi connectivity index (χ4n) is 9.50. The molecule has 8 nitrogen and oxygen atoms in total. The van der Waals surface area contributed by atoms with E-state index in [1.165, 1.54) is 244 Å². The number of rotatable bonds is 59. The van der Waals surface area contributed by atoms with E-state index in [4.69, 9.17) is 9.05 Å². The van der Waals surface area contributed by atoms with Crippen LogP contribution in [0.3, 0.4) is 0 Å². The molecule has 0 rings (SSSR count). The summed E-state index contributed by atoms with van der Waals surface area (Å²) in [5.74, 6) is -0.203. The maximum Gasteiger partial charge on any atom is 0.268 e. The number of unbranched alkanes of at least 4 members (excludes halogenated alkanes) is 40. The summed E-state index contributed by atoms with van der Waals surface area (Å²) in [5, 5.41) is 13.9. The van der Waals surface area contributed by atoms with Gasteiger partial charge in [0.25, 0.3) is 7.82 Å². The minimum absolute atomic E-state index is 0.00585. The summed E-state index contributed by atoms with van der Waals surface area (Å²) in [6.45, 7) is 4.66. The van der Waals surface area contributed by atoms with Crippen molar-refractivity contribution in [3.63, 3.8) is 0 Å². The van der Waals surface area contributed by atoms with Crippen molar-refractivity contribution in [2.45, 2.75) is 321 Å². The van der Waals surface area contributed by atoms with Crippen LogP contribution in [0, 0.1) is 0 Å². The second-order valence-electron chi connectivity index (χ2n) is 23.1. The molecule has 1 amide bonds. The number of amides is 1. The van der Waals surface area contributed by atoms with Gasteiger partial charge in [-0.05, 0) is 64.2 Å². The fourth-order valence-corrected chi connectivity index (χ4v) is 10.2. The van der Waals surface area contributed by atoms with Crippen molar-refractivity contribution in [2.75, 3.05) is 40.9 Å². The summed E-state index contributed by atoms with van der Waals surface area (Å²) in [6, 6.07) is -0.904. The fraction of sp³-hybridized carbons (Fsp3) is 0.862. The first-order valence-electron chi connectivity index (χ1n) is 32.0. The highest BCUT2D eigenvalue weighted by atomic mass is 31.2. The van der Waals surface area contributed by atoms with Crippen molar-refractivity contribution < 1.29 is 32.9 Å². The van der Waals surface area contributed by atoms with Crippen molar-refractivity contribution in [3.05, 3.63) is 48.6 Å². The van der Waals surface area contributed by atoms with Crippen LogP contribution in [0.1, 0.15) is 309 Å². The maximum absolute atomic E-state index is 13.0. The second kappa shape index (κ2) is 56.2. The molecule has 2 N–H and O–H groups in total. The zero-order valence-corrected chi connectivity index (χ0v) is 50.7. The number of likely N-dealkylation sites (N-methyl/N-ethyl adjacent to an activating group) is 1. The smallest absolute Gasteiger partial charge is 0.268 e. The quantitative estimate of drug-likeness (QED) is 0.0272. The van der Waals surface area contributed by atoms with E-state index in [1.54, 1.807) is 6.08 Å². The Hall–Kier alpha value is -1.54. The maximum atomic E-state index is 13.0. The number of quaternary nitrogens is 1. The Morgan fingerprint density at radius 1 is 0.473 bits per heavy atom. The van der Waals surface area contributed by atoms with Crippen molar-refractivity contribution >= 4 is 13.7 Å². The van der Waals surface area contributed by atoms with Gasteiger partial charge in [-0.3, -0.25) is 9.36 Å². The van der Waals surface area contributed by atoms with Crippen LogP contribution < -0.4 is 10.2 Å². The number of aliphatic hydroxyl groups is 1. The van der Waals surface area contributed by atoms with Crippen LogP contribution in [0.25, 0.3) is 0 Å². The summed E-state index contributed by atoms with van der Waals surface area (Å²) in [5.41, 5.74) is 0. The zero-order valence-electron chi connectivity index (χ0n) is 49.8. The molecule has 0 radical (unpaired) electrons. The Kier molecular flexibility index (Phi) is 55.0. The molecule has 3 unspecified atom stereocenters. The topological polar surface area (TPSA) is 108 Å². The first-order valence-corrected chi connectivity index (χ1v) is 33.5. The SMILES string of the molecule is CCCCCCCCCCC/C=C\C/C=C\CCCCCCCCCCCCCCCCCCCC(=O)NC(COP(=O)([O-])OCC[N+](C)(C)C)C(O)/C=C/CC/C=C/CCCCCCCCCCCCCCC. The molecule has 3 atom stereocenters. The zero-order chi connectivity index (χ0) is 54.2. The number of aliphatic hydroxyl groups excluding tert-OH is 1. The minimum Gasteiger partial charge on any atom is -0.756 e. The summed E-state index contributed by atoms with van der Waals surface area (Å²) in [6.07, 6.45) is 75.0. The number of hydrogen-bond acceptors (Lipinski definition) is 6. The van der Waals surface area contributed by atoms with E-state index in [-0.39, 0.29) is 12.5 Å². The third-order valence-electron chi connectivity index (χ3n) is 14.5. The number of allylic oxidation sites excluding steroid dienone is 7. The number of phosphoric ester groups is 1. The predicted molar refractivity (Wildman–Crippen MR) is 321 cm³/mol. The van der Waals surface area contributed by atoms with Crippen molar-refractivity contribution in [1.82, 2.24) is 5.32 Å². The number of carbonyl (C=O) groups excluding carboxylic acids is 1. The van der Waals surface area contributed by atoms with Crippen LogP contribution in [0.15, 0.2) is 48.6 Å². The molecular weight excluding hydrogens is 936 g/mol. The third kappa shape index (κ3) is 58.1. The number of nitrogens with one attached hydrogen (secondary N) is 1. The normalized spacial score (nSPS) is 14.1. The van der Waals surface area contributed by atoms with Crippen LogP contribution in [-0.4, -0.2) is 68.5 Å². The van der Waals surface area contributed by atoms with E-state index in [0.717, 1.165) is 44.9 Å². The van der Waals surface area contributed by atoms with Gasteiger partial charge in [-0.25, -0.2) is 0 Å². The van der Waals surface area contributed by atoms with Gasteiger partial charge in [0, 0.05) is 6.42 Å². The Labute approximate surface area is 460 Å². The molecule has 0 aromatic rings. The lowest BCUT2D eigenvalue weighted by Gasteiger charge is -2.29. The highest BCUT2D eigenvalue weighted by molar-refractivity contribution is 7.45. The molecule has 9 heteroatoms. The van der Waals surface area contributed by atoms with E-state index in [2.05, 4.69) is 55.6 Å². The molecule has 0 saturated heterocycles. The molecule has 0 aliphatic carbocycles. The monoisotopic (exact) mass is 1060 g/mol. The van der Waals surface area contributed by atoms with Gasteiger partial charge in [-0.2, -0.15) is 0 Å². The van der Waals surface area contributed by atoms with Gasteiger partial charge in [0.05, 0.1) is 39.9 Å². The standard InChI is InChI=1S/C65H125N2O6P/c1-6-8-10-12-14-16-18-20-22-24-26-27-28-29-30-31-32-33-34-35-36-37-38-39-41-43-45-47-49-51-53-55-57-59-65(69)66-63(62-73-74(70,71)72-61-60-67(3,4)5)64(68)58-56-54-52-50-48-46-44-42-40-25-23-21-19-17-15-13-11-9-7-2/h26-27,29-30,48,50,56,58,63-64,68H,6-25,28,31-47,49,51-55,57,59-62H2,1-5H3,(H-,66,69,70,71)/b27-26-,30-29-,50-48+,58-56+. The molecular formula is C65H125N2O6P. The summed E-state index contributed by atoms with van der Waals surface area (Å²) in [4.78, 5) is 25.5. The molecule has 0 bridgehead atoms. The van der Waals surface area contributed by atoms with Gasteiger partial charge < -0.3 is 28.8 Å². The molecule has 0 aromatic heterocycles. The van der Waals surface area contributed by atoms with Gasteiger partial charge in [0.1, 0.15) is 13.2 Å². The van der Waals surface area contributed by atoms with Crippen molar-refractivity contribution in [2.24, 2.45) is 0 Å². The summed E-state index contributed by atoms with van der Waals surface area (Å²) >= 11 is 0.